The topological polar surface area (TPSA) is 125 Å². The van der Waals surface area contributed by atoms with Crippen molar-refractivity contribution < 1.29 is 36.6 Å². The molecule has 4 rings (SSSR count). The minimum Gasteiger partial charge on any atom is -0.484 e. The maximum atomic E-state index is 13.3. The predicted molar refractivity (Wildman–Crippen MR) is 109 cm³/mol. The molecule has 1 aliphatic carbocycles. The molecule has 2 aromatic rings. The maximum Gasteiger partial charge on any atom is 0.409 e. The summed E-state index contributed by atoms with van der Waals surface area (Å²) < 4.78 is 59.8. The zero-order chi connectivity index (χ0) is 23.0. The standard InChI is InChI=1S/C20H19F2N3O6S/c21-11-1-4-14(5-2-11)32(29,30)25-10-13(9-23-19(26)15-8-16(15)22)31-18-6-3-12(7-17(18)25)24-20(27)28/h1-7,13,15-16,24H,8-10H2,(H,23,26)(H,27,28)/t13?,15-,16-/m0/s1. The number of benzene rings is 2. The number of ether oxygens (including phenoxy) is 1. The Morgan fingerprint density at radius 1 is 1.19 bits per heavy atom. The van der Waals surface area contributed by atoms with Gasteiger partial charge in [0, 0.05) is 5.69 Å². The van der Waals surface area contributed by atoms with Gasteiger partial charge in [0.05, 0.1) is 29.6 Å². The zero-order valence-electron chi connectivity index (χ0n) is 16.5. The lowest BCUT2D eigenvalue weighted by Crippen LogP contribution is -2.48. The van der Waals surface area contributed by atoms with Gasteiger partial charge in [-0.25, -0.2) is 22.0 Å². The van der Waals surface area contributed by atoms with Crippen molar-refractivity contribution in [3.63, 3.8) is 0 Å². The van der Waals surface area contributed by atoms with E-state index in [4.69, 9.17) is 9.84 Å². The number of hydrogen-bond donors (Lipinski definition) is 3. The smallest absolute Gasteiger partial charge is 0.409 e. The number of amides is 2. The zero-order valence-corrected chi connectivity index (χ0v) is 17.3. The minimum absolute atomic E-state index is 0.0634. The first-order chi connectivity index (χ1) is 15.1. The third-order valence-electron chi connectivity index (χ3n) is 5.10. The van der Waals surface area contributed by atoms with Gasteiger partial charge in [0.25, 0.3) is 10.0 Å². The van der Waals surface area contributed by atoms with Gasteiger partial charge in [0.1, 0.15) is 23.8 Å². The summed E-state index contributed by atoms with van der Waals surface area (Å²) in [5, 5.41) is 13.7. The van der Waals surface area contributed by atoms with E-state index in [2.05, 4.69) is 10.6 Å². The lowest BCUT2D eigenvalue weighted by Gasteiger charge is -2.35. The Morgan fingerprint density at radius 2 is 1.88 bits per heavy atom. The summed E-state index contributed by atoms with van der Waals surface area (Å²) in [7, 11) is -4.18. The number of sulfonamides is 1. The SMILES string of the molecule is O=C(O)Nc1ccc2c(c1)N(S(=O)(=O)c1ccc(F)cc1)CC(CNC(=O)[C@H]1C[C@@H]1F)O2. The molecule has 12 heteroatoms. The van der Waals surface area contributed by atoms with Crippen molar-refractivity contribution in [2.75, 3.05) is 22.7 Å². The fraction of sp³-hybridized carbons (Fsp3) is 0.300. The highest BCUT2D eigenvalue weighted by molar-refractivity contribution is 7.92. The third-order valence-corrected chi connectivity index (χ3v) is 6.89. The summed E-state index contributed by atoms with van der Waals surface area (Å²) in [5.74, 6) is -1.63. The minimum atomic E-state index is -4.18. The van der Waals surface area contributed by atoms with Crippen LogP contribution in [0.5, 0.6) is 5.75 Å². The average molecular weight is 467 g/mol. The fourth-order valence-electron chi connectivity index (χ4n) is 3.36. The van der Waals surface area contributed by atoms with E-state index >= 15 is 0 Å². The Morgan fingerprint density at radius 3 is 2.50 bits per heavy atom. The molecule has 1 unspecified atom stereocenters. The normalized spacial score (nSPS) is 21.8. The van der Waals surface area contributed by atoms with Gasteiger partial charge in [-0.3, -0.25) is 14.4 Å². The first-order valence-corrected chi connectivity index (χ1v) is 11.1. The molecule has 0 radical (unpaired) electrons. The van der Waals surface area contributed by atoms with Crippen LogP contribution >= 0.6 is 0 Å². The molecule has 32 heavy (non-hydrogen) atoms. The highest BCUT2D eigenvalue weighted by atomic mass is 32.2. The average Bonchev–Trinajstić information content (AvgIpc) is 3.48. The van der Waals surface area contributed by atoms with E-state index in [0.717, 1.165) is 28.6 Å². The van der Waals surface area contributed by atoms with Crippen LogP contribution < -0.4 is 19.7 Å². The van der Waals surface area contributed by atoms with Crippen molar-refractivity contribution >= 4 is 33.4 Å². The molecule has 0 saturated heterocycles. The van der Waals surface area contributed by atoms with Gasteiger partial charge >= 0.3 is 6.09 Å². The number of alkyl halides is 1. The van der Waals surface area contributed by atoms with E-state index in [9.17, 15) is 26.8 Å². The van der Waals surface area contributed by atoms with Crippen LogP contribution in [0.1, 0.15) is 6.42 Å². The molecule has 2 aliphatic rings. The monoisotopic (exact) mass is 467 g/mol. The number of nitrogens with one attached hydrogen (secondary N) is 2. The van der Waals surface area contributed by atoms with Gasteiger partial charge in [0.15, 0.2) is 0 Å². The van der Waals surface area contributed by atoms with Crippen LogP contribution in [-0.4, -0.2) is 50.9 Å². The number of hydrogen-bond acceptors (Lipinski definition) is 5. The van der Waals surface area contributed by atoms with Crippen LogP contribution in [0.25, 0.3) is 0 Å². The lowest BCUT2D eigenvalue weighted by atomic mass is 10.2. The van der Waals surface area contributed by atoms with Crippen LogP contribution in [-0.2, 0) is 14.8 Å². The van der Waals surface area contributed by atoms with Gasteiger partial charge in [-0.1, -0.05) is 0 Å². The van der Waals surface area contributed by atoms with Crippen LogP contribution in [0, 0.1) is 11.7 Å². The number of carboxylic acid groups (broad SMARTS) is 1. The Labute approximate surface area is 182 Å². The number of carbonyl (C=O) groups is 2. The Kier molecular flexibility index (Phi) is 5.63. The highest BCUT2D eigenvalue weighted by Crippen LogP contribution is 2.39. The predicted octanol–water partition coefficient (Wildman–Crippen LogP) is 2.35. The van der Waals surface area contributed by atoms with Crippen molar-refractivity contribution in [2.24, 2.45) is 5.92 Å². The van der Waals surface area contributed by atoms with Gasteiger partial charge in [-0.15, -0.1) is 0 Å². The first-order valence-electron chi connectivity index (χ1n) is 9.66. The summed E-state index contributed by atoms with van der Waals surface area (Å²) in [6, 6.07) is 8.36. The second-order valence-electron chi connectivity index (χ2n) is 7.45. The van der Waals surface area contributed by atoms with E-state index in [1.165, 1.54) is 18.2 Å². The van der Waals surface area contributed by atoms with Crippen molar-refractivity contribution in [1.82, 2.24) is 5.32 Å². The molecule has 1 aliphatic heterocycles. The number of rotatable bonds is 6. The molecule has 3 N–H and O–H groups in total. The summed E-state index contributed by atoms with van der Waals surface area (Å²) in [5.41, 5.74) is 0.197. The summed E-state index contributed by atoms with van der Waals surface area (Å²) in [6.07, 6.45) is -3.14. The summed E-state index contributed by atoms with van der Waals surface area (Å²) >= 11 is 0. The highest BCUT2D eigenvalue weighted by Gasteiger charge is 2.44. The van der Waals surface area contributed by atoms with E-state index in [-0.39, 0.29) is 41.5 Å². The maximum absolute atomic E-state index is 13.3. The number of nitrogens with zero attached hydrogens (tertiary/aromatic N) is 1. The fourth-order valence-corrected chi connectivity index (χ4v) is 4.86. The molecule has 9 nitrogen and oxygen atoms in total. The van der Waals surface area contributed by atoms with E-state index in [0.29, 0.717) is 0 Å². The Hall–Kier alpha value is -3.41. The van der Waals surface area contributed by atoms with Gasteiger partial charge in [-0.05, 0) is 48.9 Å². The molecule has 1 fully saturated rings. The quantitative estimate of drug-likeness (QED) is 0.599. The van der Waals surface area contributed by atoms with Gasteiger partial charge in [-0.2, -0.15) is 0 Å². The largest absolute Gasteiger partial charge is 0.484 e. The molecule has 3 atom stereocenters. The van der Waals surface area contributed by atoms with E-state index in [1.54, 1.807) is 0 Å². The number of fused-ring (bicyclic) bond motifs is 1. The number of halogens is 2. The molecule has 0 spiro atoms. The second kappa shape index (κ2) is 8.26. The molecule has 2 aromatic carbocycles. The molecular formula is C20H19F2N3O6S. The molecule has 1 heterocycles. The van der Waals surface area contributed by atoms with E-state index < -0.39 is 46.0 Å². The lowest BCUT2D eigenvalue weighted by molar-refractivity contribution is -0.123. The van der Waals surface area contributed by atoms with Crippen molar-refractivity contribution in [1.29, 1.82) is 0 Å². The molecular weight excluding hydrogens is 448 g/mol. The number of anilines is 2. The van der Waals surface area contributed by atoms with Crippen molar-refractivity contribution in [3.8, 4) is 5.75 Å². The summed E-state index contributed by atoms with van der Waals surface area (Å²) in [4.78, 5) is 22.7. The Balaban J connectivity index is 1.64. The van der Waals surface area contributed by atoms with Crippen molar-refractivity contribution in [3.05, 3.63) is 48.3 Å². The van der Waals surface area contributed by atoms with Gasteiger partial charge in [0.2, 0.25) is 5.91 Å². The van der Waals surface area contributed by atoms with Crippen molar-refractivity contribution in [2.45, 2.75) is 23.6 Å². The van der Waals surface area contributed by atoms with Crippen LogP contribution in [0.2, 0.25) is 0 Å². The third kappa shape index (κ3) is 4.44. The molecule has 1 saturated carbocycles. The Bertz CT molecular complexity index is 1160. The van der Waals surface area contributed by atoms with Gasteiger partial charge < -0.3 is 15.2 Å². The molecule has 2 amide bonds. The molecule has 0 aromatic heterocycles. The molecule has 170 valence electrons. The first kappa shape index (κ1) is 21.8. The van der Waals surface area contributed by atoms with Crippen LogP contribution in [0.3, 0.4) is 0 Å². The van der Waals surface area contributed by atoms with E-state index in [1.807, 2.05) is 0 Å². The van der Waals surface area contributed by atoms with Crippen LogP contribution in [0.15, 0.2) is 47.4 Å². The number of carbonyl (C=O) groups excluding carboxylic acids is 1. The molecule has 0 bridgehead atoms. The van der Waals surface area contributed by atoms with Crippen LogP contribution in [0.4, 0.5) is 25.0 Å². The second-order valence-corrected chi connectivity index (χ2v) is 9.31. The summed E-state index contributed by atoms with van der Waals surface area (Å²) in [6.45, 7) is -0.278.